The van der Waals surface area contributed by atoms with Gasteiger partial charge in [-0.1, -0.05) is 29.8 Å². The summed E-state index contributed by atoms with van der Waals surface area (Å²) in [7, 11) is 3.12. The highest BCUT2D eigenvalue weighted by Gasteiger charge is 2.18. The molecule has 0 aromatic heterocycles. The Kier molecular flexibility index (Phi) is 7.07. The van der Waals surface area contributed by atoms with Crippen LogP contribution in [0.25, 0.3) is 0 Å². The van der Waals surface area contributed by atoms with Crippen molar-refractivity contribution in [2.75, 3.05) is 19.5 Å². The fraction of sp³-hybridized carbons (Fsp3) is 0.278. The van der Waals surface area contributed by atoms with Crippen LogP contribution in [-0.2, 0) is 4.79 Å². The first-order chi connectivity index (χ1) is 11.0. The van der Waals surface area contributed by atoms with Crippen molar-refractivity contribution in [3.05, 3.63) is 53.1 Å². The Labute approximate surface area is 148 Å². The van der Waals surface area contributed by atoms with Gasteiger partial charge in [0.05, 0.1) is 14.2 Å². The van der Waals surface area contributed by atoms with Gasteiger partial charge in [0.25, 0.3) is 0 Å². The van der Waals surface area contributed by atoms with Crippen LogP contribution in [0.1, 0.15) is 22.7 Å². The van der Waals surface area contributed by atoms with E-state index >= 15 is 0 Å². The summed E-state index contributed by atoms with van der Waals surface area (Å²) in [6.07, 6.45) is 0. The average molecular weight is 351 g/mol. The molecule has 0 spiro atoms. The highest BCUT2D eigenvalue weighted by Crippen LogP contribution is 2.33. The number of benzene rings is 2. The van der Waals surface area contributed by atoms with E-state index in [0.717, 1.165) is 16.7 Å². The zero-order chi connectivity index (χ0) is 17.0. The zero-order valence-electron chi connectivity index (χ0n) is 14.3. The minimum Gasteiger partial charge on any atom is -0.493 e. The molecule has 6 heteroatoms. The van der Waals surface area contributed by atoms with Crippen LogP contribution in [0, 0.1) is 13.8 Å². The van der Waals surface area contributed by atoms with E-state index in [-0.39, 0.29) is 18.3 Å². The Hall–Kier alpha value is -2.24. The molecule has 0 fully saturated rings. The second-order valence-corrected chi connectivity index (χ2v) is 5.40. The fourth-order valence-corrected chi connectivity index (χ4v) is 2.25. The third-order valence-electron chi connectivity index (χ3n) is 3.71. The molecule has 0 saturated carbocycles. The maximum atomic E-state index is 12.4. The molecule has 1 atom stereocenters. The summed E-state index contributed by atoms with van der Waals surface area (Å²) in [5.41, 5.74) is 9.45. The van der Waals surface area contributed by atoms with Gasteiger partial charge in [0.2, 0.25) is 5.91 Å². The molecule has 5 nitrogen and oxygen atoms in total. The summed E-state index contributed by atoms with van der Waals surface area (Å²) in [5, 5.41) is 2.85. The molecule has 2 rings (SSSR count). The fourth-order valence-electron chi connectivity index (χ4n) is 2.25. The van der Waals surface area contributed by atoms with Crippen molar-refractivity contribution in [1.82, 2.24) is 0 Å². The number of nitrogens with two attached hydrogens (primary N) is 1. The number of carbonyl (C=O) groups is 1. The molecule has 2 aromatic carbocycles. The minimum atomic E-state index is -0.733. The second kappa shape index (κ2) is 8.57. The van der Waals surface area contributed by atoms with Crippen LogP contribution in [0.5, 0.6) is 11.5 Å². The number of hydrogen-bond donors (Lipinski definition) is 2. The van der Waals surface area contributed by atoms with E-state index in [0.29, 0.717) is 17.2 Å². The highest BCUT2D eigenvalue weighted by molar-refractivity contribution is 5.96. The van der Waals surface area contributed by atoms with Gasteiger partial charge in [-0.3, -0.25) is 4.79 Å². The largest absolute Gasteiger partial charge is 0.493 e. The van der Waals surface area contributed by atoms with E-state index in [1.807, 2.05) is 44.2 Å². The summed E-state index contributed by atoms with van der Waals surface area (Å²) in [4.78, 5) is 12.4. The number of halogens is 1. The second-order valence-electron chi connectivity index (χ2n) is 5.40. The Bertz CT molecular complexity index is 702. The monoisotopic (exact) mass is 350 g/mol. The molecule has 24 heavy (non-hydrogen) atoms. The smallest absolute Gasteiger partial charge is 0.245 e. The number of hydrogen-bond acceptors (Lipinski definition) is 4. The minimum absolute atomic E-state index is 0. The summed E-state index contributed by atoms with van der Waals surface area (Å²) >= 11 is 0. The normalized spacial score (nSPS) is 11.2. The zero-order valence-corrected chi connectivity index (χ0v) is 15.1. The van der Waals surface area contributed by atoms with Crippen molar-refractivity contribution in [2.45, 2.75) is 19.9 Å². The van der Waals surface area contributed by atoms with Crippen LogP contribution in [0.2, 0.25) is 0 Å². The predicted octanol–water partition coefficient (Wildman–Crippen LogP) is 3.38. The Morgan fingerprint density at radius 1 is 1.04 bits per heavy atom. The maximum Gasteiger partial charge on any atom is 0.245 e. The van der Waals surface area contributed by atoms with Gasteiger partial charge < -0.3 is 20.5 Å². The lowest BCUT2D eigenvalue weighted by atomic mass is 10.0. The van der Waals surface area contributed by atoms with Gasteiger partial charge in [-0.25, -0.2) is 0 Å². The number of rotatable bonds is 5. The SMILES string of the molecule is COc1cc(C)c(NC(=O)C(N)c2ccc(C)cc2)cc1OC.Cl. The molecule has 0 aliphatic carbocycles. The van der Waals surface area contributed by atoms with E-state index in [1.165, 1.54) is 0 Å². The molecule has 0 bridgehead atoms. The lowest BCUT2D eigenvalue weighted by Crippen LogP contribution is -2.28. The molecular weight excluding hydrogens is 328 g/mol. The van der Waals surface area contributed by atoms with Gasteiger partial charge >= 0.3 is 0 Å². The molecule has 3 N–H and O–H groups in total. The number of anilines is 1. The van der Waals surface area contributed by atoms with Crippen LogP contribution in [0.15, 0.2) is 36.4 Å². The molecule has 0 heterocycles. The van der Waals surface area contributed by atoms with Crippen LogP contribution >= 0.6 is 12.4 Å². The summed E-state index contributed by atoms with van der Waals surface area (Å²) in [6, 6.07) is 10.4. The Morgan fingerprint density at radius 2 is 1.58 bits per heavy atom. The standard InChI is InChI=1S/C18H22N2O3.ClH/c1-11-5-7-13(8-6-11)17(19)18(21)20-14-10-16(23-4)15(22-3)9-12(14)2;/h5-10,17H,19H2,1-4H3,(H,20,21);1H. The Morgan fingerprint density at radius 3 is 2.12 bits per heavy atom. The average Bonchev–Trinajstić information content (AvgIpc) is 2.56. The van der Waals surface area contributed by atoms with E-state index < -0.39 is 6.04 Å². The highest BCUT2D eigenvalue weighted by atomic mass is 35.5. The van der Waals surface area contributed by atoms with Gasteiger partial charge in [0.15, 0.2) is 11.5 Å². The number of ether oxygens (including phenoxy) is 2. The summed E-state index contributed by atoms with van der Waals surface area (Å²) in [5.74, 6) is 0.896. The summed E-state index contributed by atoms with van der Waals surface area (Å²) < 4.78 is 10.5. The third kappa shape index (κ3) is 4.40. The van der Waals surface area contributed by atoms with Gasteiger partial charge in [0.1, 0.15) is 6.04 Å². The molecule has 1 amide bonds. The third-order valence-corrected chi connectivity index (χ3v) is 3.71. The van der Waals surface area contributed by atoms with Crippen molar-refractivity contribution in [3.63, 3.8) is 0 Å². The van der Waals surface area contributed by atoms with Crippen LogP contribution in [0.3, 0.4) is 0 Å². The molecule has 0 aliphatic heterocycles. The molecule has 2 aromatic rings. The number of amides is 1. The van der Waals surface area contributed by atoms with Crippen LogP contribution < -0.4 is 20.5 Å². The van der Waals surface area contributed by atoms with Crippen molar-refractivity contribution in [3.8, 4) is 11.5 Å². The van der Waals surface area contributed by atoms with Gasteiger partial charge in [0, 0.05) is 11.8 Å². The first kappa shape index (κ1) is 19.8. The summed E-state index contributed by atoms with van der Waals surface area (Å²) in [6.45, 7) is 3.87. The molecular formula is C18H23ClN2O3. The first-order valence-electron chi connectivity index (χ1n) is 7.32. The molecule has 1 unspecified atom stereocenters. The number of nitrogens with one attached hydrogen (secondary N) is 1. The predicted molar refractivity (Wildman–Crippen MR) is 98.3 cm³/mol. The van der Waals surface area contributed by atoms with E-state index in [4.69, 9.17) is 15.2 Å². The van der Waals surface area contributed by atoms with Crippen molar-refractivity contribution in [2.24, 2.45) is 5.73 Å². The number of carbonyl (C=O) groups excluding carboxylic acids is 1. The molecule has 130 valence electrons. The number of aryl methyl sites for hydroxylation is 2. The molecule has 0 saturated heterocycles. The van der Waals surface area contributed by atoms with E-state index in [9.17, 15) is 4.79 Å². The van der Waals surface area contributed by atoms with E-state index in [1.54, 1.807) is 20.3 Å². The van der Waals surface area contributed by atoms with Crippen LogP contribution in [0.4, 0.5) is 5.69 Å². The number of methoxy groups -OCH3 is 2. The molecule has 0 aliphatic rings. The first-order valence-corrected chi connectivity index (χ1v) is 7.32. The van der Waals surface area contributed by atoms with Crippen molar-refractivity contribution in [1.29, 1.82) is 0 Å². The van der Waals surface area contributed by atoms with E-state index in [2.05, 4.69) is 5.32 Å². The van der Waals surface area contributed by atoms with Crippen molar-refractivity contribution < 1.29 is 14.3 Å². The topological polar surface area (TPSA) is 73.6 Å². The maximum absolute atomic E-state index is 12.4. The quantitative estimate of drug-likeness (QED) is 0.867. The van der Waals surface area contributed by atoms with Crippen LogP contribution in [-0.4, -0.2) is 20.1 Å². The van der Waals surface area contributed by atoms with Gasteiger partial charge in [-0.2, -0.15) is 0 Å². The Balaban J connectivity index is 0.00000288. The lowest BCUT2D eigenvalue weighted by molar-refractivity contribution is -0.117. The van der Waals surface area contributed by atoms with Gasteiger partial charge in [-0.15, -0.1) is 12.4 Å². The van der Waals surface area contributed by atoms with Crippen molar-refractivity contribution >= 4 is 24.0 Å². The van der Waals surface area contributed by atoms with Gasteiger partial charge in [-0.05, 0) is 31.0 Å². The lowest BCUT2D eigenvalue weighted by Gasteiger charge is -2.16. The molecule has 0 radical (unpaired) electrons.